The van der Waals surface area contributed by atoms with Crippen molar-refractivity contribution in [2.45, 2.75) is 24.5 Å². The van der Waals surface area contributed by atoms with E-state index in [1.54, 1.807) is 24.4 Å². The van der Waals surface area contributed by atoms with Gasteiger partial charge in [-0.15, -0.1) is 23.5 Å². The molecule has 1 aliphatic rings. The molecule has 0 bridgehead atoms. The molecule has 28 heavy (non-hydrogen) atoms. The maximum absolute atomic E-state index is 12.4. The average molecular weight is 413 g/mol. The molecule has 2 aromatic heterocycles. The predicted octanol–water partition coefficient (Wildman–Crippen LogP) is 4.23. The maximum atomic E-state index is 12.4. The molecule has 0 aliphatic carbocycles. The summed E-state index contributed by atoms with van der Waals surface area (Å²) in [5, 5.41) is 0. The molecule has 0 unspecified atom stereocenters. The number of aryl methyl sites for hydroxylation is 1. The van der Waals surface area contributed by atoms with E-state index in [1.165, 1.54) is 34.0 Å². The van der Waals surface area contributed by atoms with Gasteiger partial charge in [0.15, 0.2) is 0 Å². The van der Waals surface area contributed by atoms with Crippen LogP contribution in [0, 0.1) is 6.92 Å². The van der Waals surface area contributed by atoms with E-state index in [-0.39, 0.29) is 12.2 Å². The highest BCUT2D eigenvalue weighted by Gasteiger charge is 2.17. The highest BCUT2D eigenvalue weighted by Crippen LogP contribution is 2.43. The van der Waals surface area contributed by atoms with E-state index in [2.05, 4.69) is 4.98 Å². The van der Waals surface area contributed by atoms with Crippen molar-refractivity contribution < 1.29 is 9.53 Å². The molecule has 0 N–H and O–H groups in total. The standard InChI is InChI=1S/C21H20N2O3S2/c1-14-3-8-18-22-17(11-19(24)23(18)12-14)13-26-20(25)15-4-6-16(7-5-15)21-27-9-2-10-28-21/h3-8,11-12,21H,2,9-10,13H2,1H3. The molecule has 3 aromatic rings. The Kier molecular flexibility index (Phi) is 5.73. The second kappa shape index (κ2) is 8.41. The third kappa shape index (κ3) is 4.25. The molecule has 0 spiro atoms. The van der Waals surface area contributed by atoms with E-state index in [0.29, 0.717) is 21.5 Å². The predicted molar refractivity (Wildman–Crippen MR) is 114 cm³/mol. The van der Waals surface area contributed by atoms with Crippen LogP contribution in [0.15, 0.2) is 53.5 Å². The maximum Gasteiger partial charge on any atom is 0.338 e. The molecule has 1 fully saturated rings. The molecule has 5 nitrogen and oxygen atoms in total. The van der Waals surface area contributed by atoms with Crippen molar-refractivity contribution in [2.24, 2.45) is 0 Å². The average Bonchev–Trinajstić information content (AvgIpc) is 2.73. The molecular formula is C21H20N2O3S2. The van der Waals surface area contributed by atoms with Gasteiger partial charge in [0.2, 0.25) is 0 Å². The van der Waals surface area contributed by atoms with Gasteiger partial charge in [-0.1, -0.05) is 18.2 Å². The van der Waals surface area contributed by atoms with Crippen LogP contribution >= 0.6 is 23.5 Å². The summed E-state index contributed by atoms with van der Waals surface area (Å²) < 4.78 is 7.30. The van der Waals surface area contributed by atoms with Crippen LogP contribution in [0.1, 0.15) is 38.2 Å². The Morgan fingerprint density at radius 1 is 1.18 bits per heavy atom. The normalized spacial score (nSPS) is 14.9. The lowest BCUT2D eigenvalue weighted by molar-refractivity contribution is 0.0467. The lowest BCUT2D eigenvalue weighted by atomic mass is 10.1. The Hall–Kier alpha value is -2.25. The molecular weight excluding hydrogens is 392 g/mol. The monoisotopic (exact) mass is 412 g/mol. The van der Waals surface area contributed by atoms with Crippen LogP contribution in [0.25, 0.3) is 5.65 Å². The number of thioether (sulfide) groups is 2. The van der Waals surface area contributed by atoms with Crippen LogP contribution < -0.4 is 5.56 Å². The van der Waals surface area contributed by atoms with Gasteiger partial charge in [-0.2, -0.15) is 0 Å². The minimum absolute atomic E-state index is 0.0332. The number of rotatable bonds is 4. The second-order valence-electron chi connectivity index (χ2n) is 6.65. The number of pyridine rings is 1. The Bertz CT molecular complexity index is 1060. The number of ether oxygens (including phenoxy) is 1. The summed E-state index contributed by atoms with van der Waals surface area (Å²) in [6.45, 7) is 1.88. The first-order valence-corrected chi connectivity index (χ1v) is 11.2. The molecule has 0 saturated carbocycles. The molecule has 1 aliphatic heterocycles. The first-order chi connectivity index (χ1) is 13.6. The quantitative estimate of drug-likeness (QED) is 0.598. The van der Waals surface area contributed by atoms with Gasteiger partial charge in [-0.05, 0) is 54.2 Å². The van der Waals surface area contributed by atoms with Crippen LogP contribution in [0.3, 0.4) is 0 Å². The van der Waals surface area contributed by atoms with Crippen molar-refractivity contribution in [2.75, 3.05) is 11.5 Å². The van der Waals surface area contributed by atoms with Crippen LogP contribution in [-0.4, -0.2) is 26.9 Å². The van der Waals surface area contributed by atoms with Gasteiger partial charge in [-0.3, -0.25) is 9.20 Å². The van der Waals surface area contributed by atoms with E-state index in [4.69, 9.17) is 4.74 Å². The molecule has 1 aromatic carbocycles. The van der Waals surface area contributed by atoms with Crippen LogP contribution in [-0.2, 0) is 11.3 Å². The van der Waals surface area contributed by atoms with E-state index < -0.39 is 5.97 Å². The van der Waals surface area contributed by atoms with Gasteiger partial charge >= 0.3 is 5.97 Å². The number of carbonyl (C=O) groups excluding carboxylic acids is 1. The highest BCUT2D eigenvalue weighted by atomic mass is 32.2. The van der Waals surface area contributed by atoms with Crippen LogP contribution in [0.2, 0.25) is 0 Å². The third-order valence-electron chi connectivity index (χ3n) is 4.46. The van der Waals surface area contributed by atoms with Gasteiger partial charge in [0.1, 0.15) is 12.3 Å². The number of nitrogens with zero attached hydrogens (tertiary/aromatic N) is 2. The summed E-state index contributed by atoms with van der Waals surface area (Å²) in [6, 6.07) is 12.7. The highest BCUT2D eigenvalue weighted by molar-refractivity contribution is 8.16. The van der Waals surface area contributed by atoms with Gasteiger partial charge in [0, 0.05) is 12.3 Å². The summed E-state index contributed by atoms with van der Waals surface area (Å²) in [4.78, 5) is 29.0. The van der Waals surface area contributed by atoms with Gasteiger partial charge in [-0.25, -0.2) is 9.78 Å². The Morgan fingerprint density at radius 2 is 1.93 bits per heavy atom. The minimum atomic E-state index is -0.415. The van der Waals surface area contributed by atoms with Gasteiger partial charge in [0.25, 0.3) is 5.56 Å². The van der Waals surface area contributed by atoms with E-state index in [1.807, 2.05) is 48.6 Å². The van der Waals surface area contributed by atoms with Gasteiger partial charge < -0.3 is 4.74 Å². The Morgan fingerprint density at radius 3 is 2.68 bits per heavy atom. The lowest BCUT2D eigenvalue weighted by Gasteiger charge is -2.21. The van der Waals surface area contributed by atoms with Gasteiger partial charge in [0.05, 0.1) is 15.8 Å². The molecule has 144 valence electrons. The van der Waals surface area contributed by atoms with E-state index >= 15 is 0 Å². The molecule has 4 rings (SSSR count). The Labute approximate surface area is 171 Å². The Balaban J connectivity index is 1.43. The first kappa shape index (κ1) is 19.1. The number of carbonyl (C=O) groups is 1. The number of hydrogen-bond acceptors (Lipinski definition) is 6. The summed E-state index contributed by atoms with van der Waals surface area (Å²) in [5.41, 5.74) is 3.49. The largest absolute Gasteiger partial charge is 0.456 e. The molecule has 1 saturated heterocycles. The number of fused-ring (bicyclic) bond motifs is 1. The molecule has 0 radical (unpaired) electrons. The van der Waals surface area contributed by atoms with Crippen LogP contribution in [0.4, 0.5) is 0 Å². The van der Waals surface area contributed by atoms with Crippen molar-refractivity contribution >= 4 is 35.1 Å². The van der Waals surface area contributed by atoms with E-state index in [0.717, 1.165) is 5.56 Å². The molecule has 7 heteroatoms. The third-order valence-corrected chi connectivity index (χ3v) is 7.47. The fraction of sp³-hybridized carbons (Fsp3) is 0.286. The topological polar surface area (TPSA) is 60.7 Å². The minimum Gasteiger partial charge on any atom is -0.456 e. The van der Waals surface area contributed by atoms with Crippen molar-refractivity contribution in [1.29, 1.82) is 0 Å². The molecule has 3 heterocycles. The van der Waals surface area contributed by atoms with E-state index in [9.17, 15) is 9.59 Å². The number of esters is 1. The zero-order chi connectivity index (χ0) is 19.5. The van der Waals surface area contributed by atoms with Crippen molar-refractivity contribution in [3.05, 3.63) is 81.4 Å². The molecule has 0 amide bonds. The van der Waals surface area contributed by atoms with Crippen molar-refractivity contribution in [1.82, 2.24) is 9.38 Å². The zero-order valence-corrected chi connectivity index (χ0v) is 17.1. The first-order valence-electron chi connectivity index (χ1n) is 9.09. The fourth-order valence-corrected chi connectivity index (χ4v) is 5.91. The summed E-state index contributed by atoms with van der Waals surface area (Å²) in [7, 11) is 0. The lowest BCUT2D eigenvalue weighted by Crippen LogP contribution is -2.17. The van der Waals surface area contributed by atoms with Crippen molar-refractivity contribution in [3.63, 3.8) is 0 Å². The summed E-state index contributed by atoms with van der Waals surface area (Å²) in [6.07, 6.45) is 2.99. The van der Waals surface area contributed by atoms with Crippen LogP contribution in [0.5, 0.6) is 0 Å². The summed E-state index contributed by atoms with van der Waals surface area (Å²) >= 11 is 3.90. The number of benzene rings is 1. The SMILES string of the molecule is Cc1ccc2nc(COC(=O)c3ccc(C4SCCCS4)cc3)cc(=O)n2c1. The van der Waals surface area contributed by atoms with Crippen molar-refractivity contribution in [3.8, 4) is 0 Å². The number of aromatic nitrogens is 2. The zero-order valence-electron chi connectivity index (χ0n) is 15.5. The number of hydrogen-bond donors (Lipinski definition) is 0. The fourth-order valence-electron chi connectivity index (χ4n) is 3.01. The smallest absolute Gasteiger partial charge is 0.338 e. The second-order valence-corrected chi connectivity index (χ2v) is 9.37. The molecule has 0 atom stereocenters. The summed E-state index contributed by atoms with van der Waals surface area (Å²) in [5.74, 6) is 1.95.